The molecule has 0 saturated carbocycles. The van der Waals surface area contributed by atoms with Gasteiger partial charge in [-0.25, -0.2) is 9.98 Å². The monoisotopic (exact) mass is 422 g/mol. The molecule has 1 aromatic heterocycles. The summed E-state index contributed by atoms with van der Waals surface area (Å²) >= 11 is 6.02. The second-order valence-corrected chi connectivity index (χ2v) is 4.38. The minimum atomic E-state index is 0. The zero-order chi connectivity index (χ0) is 14.5. The number of ether oxygens (including phenoxy) is 1. The summed E-state index contributed by atoms with van der Waals surface area (Å²) in [5, 5.41) is 7.40. The molecule has 21 heavy (non-hydrogen) atoms. The van der Waals surface area contributed by atoms with Crippen molar-refractivity contribution in [2.24, 2.45) is 17.8 Å². The molecule has 0 saturated heterocycles. The van der Waals surface area contributed by atoms with Crippen molar-refractivity contribution in [3.63, 3.8) is 0 Å². The second-order valence-electron chi connectivity index (χ2n) is 3.98. The highest BCUT2D eigenvalue weighted by Crippen LogP contribution is 2.26. The third-order valence-electron chi connectivity index (χ3n) is 2.62. The van der Waals surface area contributed by atoms with Gasteiger partial charge in [-0.05, 0) is 18.2 Å². The predicted molar refractivity (Wildman–Crippen MR) is 93.4 cm³/mol. The van der Waals surface area contributed by atoms with Crippen LogP contribution in [0.5, 0.6) is 5.75 Å². The van der Waals surface area contributed by atoms with Crippen molar-refractivity contribution in [3.05, 3.63) is 35.4 Å². The van der Waals surface area contributed by atoms with Crippen LogP contribution in [0.15, 0.2) is 29.5 Å². The summed E-state index contributed by atoms with van der Waals surface area (Å²) in [4.78, 5) is 8.24. The largest absolute Gasteiger partial charge is 0.495 e. The number of nitrogens with one attached hydrogen (secondary N) is 1. The quantitative estimate of drug-likeness (QED) is 0.447. The third kappa shape index (κ3) is 4.74. The van der Waals surface area contributed by atoms with Gasteiger partial charge in [-0.15, -0.1) is 24.0 Å². The summed E-state index contributed by atoms with van der Waals surface area (Å²) in [7, 11) is 3.36. The molecule has 0 unspecified atom stereocenters. The lowest BCUT2D eigenvalue weighted by atomic mass is 10.3. The van der Waals surface area contributed by atoms with E-state index in [1.165, 1.54) is 6.33 Å². The Labute approximate surface area is 144 Å². The first-order chi connectivity index (χ1) is 9.60. The van der Waals surface area contributed by atoms with Gasteiger partial charge in [0.2, 0.25) is 0 Å². The predicted octanol–water partition coefficient (Wildman–Crippen LogP) is 2.02. The number of halogens is 2. The summed E-state index contributed by atoms with van der Waals surface area (Å²) in [6.07, 6.45) is 1.47. The molecule has 3 N–H and O–H groups in total. The van der Waals surface area contributed by atoms with Crippen molar-refractivity contribution in [1.82, 2.24) is 14.8 Å². The first-order valence-electron chi connectivity index (χ1n) is 5.83. The summed E-state index contributed by atoms with van der Waals surface area (Å²) < 4.78 is 6.72. The minimum absolute atomic E-state index is 0. The number of aromatic nitrogens is 3. The maximum Gasteiger partial charge on any atom is 0.193 e. The first-order valence-corrected chi connectivity index (χ1v) is 6.21. The third-order valence-corrected chi connectivity index (χ3v) is 2.92. The van der Waals surface area contributed by atoms with E-state index in [1.54, 1.807) is 37.0 Å². The van der Waals surface area contributed by atoms with Crippen LogP contribution in [0.3, 0.4) is 0 Å². The fraction of sp³-hybridized carbons (Fsp3) is 0.250. The van der Waals surface area contributed by atoms with Gasteiger partial charge in [0.25, 0.3) is 0 Å². The Bertz CT molecular complexity index is 630. The van der Waals surface area contributed by atoms with Crippen LogP contribution < -0.4 is 15.8 Å². The van der Waals surface area contributed by atoms with Gasteiger partial charge < -0.3 is 15.8 Å². The minimum Gasteiger partial charge on any atom is -0.495 e. The number of hydrogen-bond acceptors (Lipinski definition) is 4. The van der Waals surface area contributed by atoms with Crippen LogP contribution in [-0.4, -0.2) is 27.8 Å². The fourth-order valence-corrected chi connectivity index (χ4v) is 1.81. The Morgan fingerprint density at radius 1 is 1.52 bits per heavy atom. The number of aliphatic imine (C=N–C) groups is 1. The summed E-state index contributed by atoms with van der Waals surface area (Å²) in [6, 6.07) is 5.27. The molecule has 0 aliphatic heterocycles. The topological polar surface area (TPSA) is 90.3 Å². The van der Waals surface area contributed by atoms with Crippen LogP contribution >= 0.6 is 35.6 Å². The number of benzene rings is 1. The standard InChI is InChI=1S/C12H15ClN6O.HI/c1-19-11(16-7-17-19)6-15-12(14)18-8-3-4-10(20-2)9(13)5-8;/h3-5,7H,6H2,1-2H3,(H3,14,15,18);1H. The van der Waals surface area contributed by atoms with Crippen molar-refractivity contribution in [3.8, 4) is 5.75 Å². The van der Waals surface area contributed by atoms with Gasteiger partial charge in [-0.2, -0.15) is 5.10 Å². The van der Waals surface area contributed by atoms with Crippen LogP contribution in [-0.2, 0) is 13.6 Å². The van der Waals surface area contributed by atoms with Crippen LogP contribution in [0.25, 0.3) is 0 Å². The zero-order valence-electron chi connectivity index (χ0n) is 11.6. The summed E-state index contributed by atoms with van der Waals surface area (Å²) in [6.45, 7) is 0.346. The van der Waals surface area contributed by atoms with E-state index < -0.39 is 0 Å². The van der Waals surface area contributed by atoms with Crippen molar-refractivity contribution < 1.29 is 4.74 Å². The molecule has 9 heteroatoms. The van der Waals surface area contributed by atoms with Gasteiger partial charge in [-0.1, -0.05) is 11.6 Å². The second kappa shape index (κ2) is 8.03. The van der Waals surface area contributed by atoms with E-state index in [2.05, 4.69) is 20.4 Å². The number of methoxy groups -OCH3 is 1. The number of hydrogen-bond donors (Lipinski definition) is 2. The molecule has 7 nitrogen and oxygen atoms in total. The summed E-state index contributed by atoms with van der Waals surface area (Å²) in [5.41, 5.74) is 6.53. The van der Waals surface area contributed by atoms with E-state index in [0.717, 1.165) is 11.5 Å². The van der Waals surface area contributed by atoms with Gasteiger partial charge in [0, 0.05) is 12.7 Å². The molecule has 0 aliphatic carbocycles. The first kappa shape index (κ1) is 17.5. The SMILES string of the molecule is COc1ccc(NC(N)=NCc2ncnn2C)cc1Cl.I. The molecule has 0 spiro atoms. The normalized spacial score (nSPS) is 10.9. The van der Waals surface area contributed by atoms with Crippen LogP contribution in [0.1, 0.15) is 5.82 Å². The average molecular weight is 423 g/mol. The maximum absolute atomic E-state index is 6.02. The van der Waals surface area contributed by atoms with E-state index in [0.29, 0.717) is 17.3 Å². The molecule has 0 atom stereocenters. The van der Waals surface area contributed by atoms with Crippen LogP contribution in [0.4, 0.5) is 5.69 Å². The van der Waals surface area contributed by atoms with E-state index >= 15 is 0 Å². The Hall–Kier alpha value is -1.55. The number of aryl methyl sites for hydroxylation is 1. The number of guanidine groups is 1. The van der Waals surface area contributed by atoms with Crippen molar-refractivity contribution in [2.45, 2.75) is 6.54 Å². The summed E-state index contributed by atoms with van der Waals surface area (Å²) in [5.74, 6) is 1.60. The molecular formula is C12H16ClIN6O. The van der Waals surface area contributed by atoms with Gasteiger partial charge >= 0.3 is 0 Å². The molecular weight excluding hydrogens is 407 g/mol. The number of anilines is 1. The number of rotatable bonds is 4. The van der Waals surface area contributed by atoms with Crippen molar-refractivity contribution in [1.29, 1.82) is 0 Å². The lowest BCUT2D eigenvalue weighted by Crippen LogP contribution is -2.22. The van der Waals surface area contributed by atoms with Crippen molar-refractivity contribution >= 4 is 47.2 Å². The number of nitrogens with zero attached hydrogens (tertiary/aromatic N) is 4. The molecule has 0 radical (unpaired) electrons. The molecule has 1 heterocycles. The Kier molecular flexibility index (Phi) is 6.69. The molecule has 0 amide bonds. The highest BCUT2D eigenvalue weighted by atomic mass is 127. The van der Waals surface area contributed by atoms with Gasteiger partial charge in [0.15, 0.2) is 5.96 Å². The molecule has 0 aliphatic rings. The van der Waals surface area contributed by atoms with Gasteiger partial charge in [-0.3, -0.25) is 4.68 Å². The van der Waals surface area contributed by atoms with E-state index in [-0.39, 0.29) is 29.9 Å². The fourth-order valence-electron chi connectivity index (χ4n) is 1.55. The Morgan fingerprint density at radius 2 is 2.29 bits per heavy atom. The van der Waals surface area contributed by atoms with Crippen molar-refractivity contribution in [2.75, 3.05) is 12.4 Å². The molecule has 0 bridgehead atoms. The highest BCUT2D eigenvalue weighted by molar-refractivity contribution is 14.0. The van der Waals surface area contributed by atoms with E-state index in [1.807, 2.05) is 0 Å². The molecule has 2 rings (SSSR count). The lowest BCUT2D eigenvalue weighted by Gasteiger charge is -2.08. The molecule has 0 fully saturated rings. The maximum atomic E-state index is 6.02. The molecule has 1 aromatic carbocycles. The smallest absolute Gasteiger partial charge is 0.193 e. The van der Waals surface area contributed by atoms with E-state index in [9.17, 15) is 0 Å². The zero-order valence-corrected chi connectivity index (χ0v) is 14.7. The lowest BCUT2D eigenvalue weighted by molar-refractivity contribution is 0.415. The Balaban J connectivity index is 0.00000220. The number of nitrogens with two attached hydrogens (primary N) is 1. The highest BCUT2D eigenvalue weighted by Gasteiger charge is 2.03. The van der Waals surface area contributed by atoms with Gasteiger partial charge in [0.05, 0.1) is 12.1 Å². The van der Waals surface area contributed by atoms with E-state index in [4.69, 9.17) is 22.1 Å². The average Bonchev–Trinajstić information content (AvgIpc) is 2.82. The van der Waals surface area contributed by atoms with Gasteiger partial charge in [0.1, 0.15) is 24.4 Å². The Morgan fingerprint density at radius 3 is 2.86 bits per heavy atom. The van der Waals surface area contributed by atoms with Crippen LogP contribution in [0.2, 0.25) is 5.02 Å². The molecule has 2 aromatic rings. The molecule has 114 valence electrons. The van der Waals surface area contributed by atoms with Crippen LogP contribution in [0, 0.1) is 0 Å².